The van der Waals surface area contributed by atoms with Crippen LogP contribution in [0.5, 0.6) is 0 Å². The van der Waals surface area contributed by atoms with Gasteiger partial charge in [-0.3, -0.25) is 0 Å². The van der Waals surface area contributed by atoms with Crippen LogP contribution in [0.15, 0.2) is 39.1 Å². The summed E-state index contributed by atoms with van der Waals surface area (Å²) in [6, 6.07) is 8.03. The second-order valence-electron chi connectivity index (χ2n) is 4.36. The molecule has 0 spiro atoms. The smallest absolute Gasteiger partial charge is 0.360 e. The average molecular weight is 396 g/mol. The van der Waals surface area contributed by atoms with Crippen LogP contribution < -0.4 is 5.73 Å². The molecule has 0 atom stereocenters. The number of hydrogen-bond acceptors (Lipinski definition) is 10. The van der Waals surface area contributed by atoms with Gasteiger partial charge in [-0.15, -0.1) is 35.3 Å². The maximum absolute atomic E-state index is 10.7. The molecule has 25 heavy (non-hydrogen) atoms. The van der Waals surface area contributed by atoms with Crippen molar-refractivity contribution in [2.75, 3.05) is 5.73 Å². The first-order valence-electron chi connectivity index (χ1n) is 6.61. The first kappa shape index (κ1) is 18.8. The van der Waals surface area contributed by atoms with E-state index in [0.717, 1.165) is 28.1 Å². The molecule has 3 aromatic rings. The molecule has 0 saturated carbocycles. The highest BCUT2D eigenvalue weighted by Gasteiger charge is 2.17. The van der Waals surface area contributed by atoms with E-state index in [1.165, 1.54) is 10.1 Å². The zero-order valence-electron chi connectivity index (χ0n) is 12.7. The molecule has 8 nitrogen and oxygen atoms in total. The van der Waals surface area contributed by atoms with Crippen molar-refractivity contribution in [3.63, 3.8) is 0 Å². The molecule has 0 aliphatic rings. The molecule has 3 rings (SSSR count). The SMILES string of the molecule is CC(=O)O/N=C(\C(=O)O)c1csc(N)n1.Sc1nc2ccccc2s1. The Bertz CT molecular complexity index is 902. The lowest BCUT2D eigenvalue weighted by Gasteiger charge is -1.95. The lowest BCUT2D eigenvalue weighted by Crippen LogP contribution is -2.16. The number of carboxylic acid groups (broad SMARTS) is 1. The fourth-order valence-electron chi connectivity index (χ4n) is 1.56. The topological polar surface area (TPSA) is 128 Å². The van der Waals surface area contributed by atoms with Gasteiger partial charge in [0.15, 0.2) is 5.13 Å². The molecule has 0 fully saturated rings. The molecule has 3 N–H and O–H groups in total. The number of hydrogen-bond donors (Lipinski definition) is 3. The molecule has 0 unspecified atom stereocenters. The summed E-state index contributed by atoms with van der Waals surface area (Å²) in [7, 11) is 0. The van der Waals surface area contributed by atoms with E-state index in [-0.39, 0.29) is 10.8 Å². The summed E-state index contributed by atoms with van der Waals surface area (Å²) in [6.45, 7) is 1.11. The Kier molecular flexibility index (Phi) is 6.44. The molecule has 0 saturated heterocycles. The van der Waals surface area contributed by atoms with Gasteiger partial charge in [-0.2, -0.15) is 0 Å². The summed E-state index contributed by atoms with van der Waals surface area (Å²) < 4.78 is 2.04. The van der Waals surface area contributed by atoms with Gasteiger partial charge in [-0.25, -0.2) is 19.6 Å². The van der Waals surface area contributed by atoms with Crippen LogP contribution in [0.4, 0.5) is 5.13 Å². The number of nitrogens with zero attached hydrogens (tertiary/aromatic N) is 3. The van der Waals surface area contributed by atoms with Crippen molar-refractivity contribution in [1.29, 1.82) is 0 Å². The minimum Gasteiger partial charge on any atom is -0.476 e. The Balaban J connectivity index is 0.000000194. The quantitative estimate of drug-likeness (QED) is 0.269. The highest BCUT2D eigenvalue weighted by atomic mass is 32.2. The van der Waals surface area contributed by atoms with E-state index in [0.29, 0.717) is 0 Å². The standard InChI is InChI=1S/C7H7N3O4S.C7H5NS2/c1-3(11)14-10-5(6(12)13)4-2-15-7(8)9-4;9-7-8-5-3-1-2-4-6(5)10-7/h2H,1H3,(H2,8,9)(H,12,13);1-4H,(H,8,9)/b10-5-;. The molecule has 2 aromatic heterocycles. The number of anilines is 1. The molecule has 130 valence electrons. The second kappa shape index (κ2) is 8.55. The summed E-state index contributed by atoms with van der Waals surface area (Å²) in [5, 5.41) is 13.5. The van der Waals surface area contributed by atoms with E-state index in [9.17, 15) is 9.59 Å². The number of oxime groups is 1. The van der Waals surface area contributed by atoms with E-state index >= 15 is 0 Å². The van der Waals surface area contributed by atoms with Crippen molar-refractivity contribution in [1.82, 2.24) is 9.97 Å². The van der Waals surface area contributed by atoms with Gasteiger partial charge in [0.2, 0.25) is 5.71 Å². The van der Waals surface area contributed by atoms with E-state index in [4.69, 9.17) is 10.8 Å². The van der Waals surface area contributed by atoms with E-state index in [2.05, 4.69) is 32.6 Å². The van der Waals surface area contributed by atoms with Gasteiger partial charge >= 0.3 is 11.9 Å². The average Bonchev–Trinajstić information content (AvgIpc) is 3.12. The summed E-state index contributed by atoms with van der Waals surface area (Å²) in [5.74, 6) is -2.06. The number of carboxylic acids is 1. The van der Waals surface area contributed by atoms with Gasteiger partial charge in [0, 0.05) is 12.3 Å². The minimum atomic E-state index is -1.35. The minimum absolute atomic E-state index is 0.0613. The number of rotatable bonds is 3. The van der Waals surface area contributed by atoms with Gasteiger partial charge in [-0.05, 0) is 12.1 Å². The molecule has 0 aliphatic carbocycles. The molecule has 0 radical (unpaired) electrons. The normalized spacial score (nSPS) is 10.9. The number of para-hydroxylation sites is 1. The van der Waals surface area contributed by atoms with Crippen molar-refractivity contribution < 1.29 is 19.5 Å². The Morgan fingerprint density at radius 3 is 2.60 bits per heavy atom. The van der Waals surface area contributed by atoms with Gasteiger partial charge in [-0.1, -0.05) is 17.3 Å². The Morgan fingerprint density at radius 2 is 2.04 bits per heavy atom. The molecule has 2 heterocycles. The molecule has 0 aliphatic heterocycles. The highest BCUT2D eigenvalue weighted by Crippen LogP contribution is 2.23. The third-order valence-corrected chi connectivity index (χ3v) is 4.40. The highest BCUT2D eigenvalue weighted by molar-refractivity contribution is 7.82. The first-order chi connectivity index (χ1) is 11.9. The number of carbonyl (C=O) groups excluding carboxylic acids is 1. The van der Waals surface area contributed by atoms with E-state index < -0.39 is 17.7 Å². The molecular formula is C14H12N4O4S3. The number of thiazole rings is 2. The Labute approximate surface area is 155 Å². The van der Waals surface area contributed by atoms with E-state index in [1.54, 1.807) is 11.3 Å². The third-order valence-electron chi connectivity index (χ3n) is 2.52. The number of thiol groups is 1. The van der Waals surface area contributed by atoms with Crippen molar-refractivity contribution in [2.24, 2.45) is 5.16 Å². The number of nitrogen functional groups attached to an aromatic ring is 1. The predicted molar refractivity (Wildman–Crippen MR) is 99.3 cm³/mol. The number of fused-ring (bicyclic) bond motifs is 1. The van der Waals surface area contributed by atoms with Gasteiger partial charge < -0.3 is 15.7 Å². The lowest BCUT2D eigenvalue weighted by atomic mass is 10.3. The van der Waals surface area contributed by atoms with Gasteiger partial charge in [0.25, 0.3) is 0 Å². The monoisotopic (exact) mass is 396 g/mol. The largest absolute Gasteiger partial charge is 0.476 e. The zero-order valence-corrected chi connectivity index (χ0v) is 15.3. The van der Waals surface area contributed by atoms with Crippen LogP contribution in [0.3, 0.4) is 0 Å². The van der Waals surface area contributed by atoms with Crippen LogP contribution in [0.1, 0.15) is 12.6 Å². The Hall–Kier alpha value is -2.50. The molecular weight excluding hydrogens is 384 g/mol. The fraction of sp³-hybridized carbons (Fsp3) is 0.0714. The van der Waals surface area contributed by atoms with Crippen molar-refractivity contribution in [2.45, 2.75) is 11.3 Å². The number of benzene rings is 1. The predicted octanol–water partition coefficient (Wildman–Crippen LogP) is 2.66. The maximum atomic E-state index is 10.7. The zero-order chi connectivity index (χ0) is 18.4. The number of carbonyl (C=O) groups is 2. The van der Waals surface area contributed by atoms with Crippen molar-refractivity contribution >= 4 is 68.3 Å². The number of nitrogens with two attached hydrogens (primary N) is 1. The van der Waals surface area contributed by atoms with Crippen molar-refractivity contribution in [3.8, 4) is 0 Å². The number of aromatic nitrogens is 2. The van der Waals surface area contributed by atoms with Crippen LogP contribution in [-0.2, 0) is 14.4 Å². The van der Waals surface area contributed by atoms with Gasteiger partial charge in [0.05, 0.1) is 10.2 Å². The van der Waals surface area contributed by atoms with Crippen LogP contribution in [0.25, 0.3) is 10.2 Å². The summed E-state index contributed by atoms with van der Waals surface area (Å²) in [6.07, 6.45) is 0. The van der Waals surface area contributed by atoms with Crippen LogP contribution in [-0.4, -0.2) is 32.7 Å². The summed E-state index contributed by atoms with van der Waals surface area (Å²) in [5.41, 5.74) is 5.96. The first-order valence-corrected chi connectivity index (χ1v) is 8.76. The maximum Gasteiger partial charge on any atom is 0.360 e. The Morgan fingerprint density at radius 1 is 1.32 bits per heavy atom. The second-order valence-corrected chi connectivity index (χ2v) is 7.01. The van der Waals surface area contributed by atoms with Gasteiger partial charge in [0.1, 0.15) is 10.0 Å². The molecule has 11 heteroatoms. The van der Waals surface area contributed by atoms with Crippen LogP contribution in [0.2, 0.25) is 0 Å². The molecule has 0 bridgehead atoms. The van der Waals surface area contributed by atoms with Crippen molar-refractivity contribution in [3.05, 3.63) is 35.3 Å². The summed E-state index contributed by atoms with van der Waals surface area (Å²) >= 11 is 6.82. The van der Waals surface area contributed by atoms with Crippen LogP contribution >= 0.6 is 35.3 Å². The summed E-state index contributed by atoms with van der Waals surface area (Å²) in [4.78, 5) is 33.3. The van der Waals surface area contributed by atoms with E-state index in [1.807, 2.05) is 24.3 Å². The third kappa shape index (κ3) is 5.52. The molecule has 0 amide bonds. The fourth-order valence-corrected chi connectivity index (χ4v) is 3.22. The lowest BCUT2D eigenvalue weighted by molar-refractivity contribution is -0.141. The number of aliphatic carboxylic acids is 1. The molecule has 1 aromatic carbocycles. The van der Waals surface area contributed by atoms with Crippen LogP contribution in [0, 0.1) is 0 Å².